The highest BCUT2D eigenvalue weighted by Crippen LogP contribution is 2.37. The summed E-state index contributed by atoms with van der Waals surface area (Å²) >= 11 is 6.07. The number of hydrogen-bond donors (Lipinski definition) is 1. The minimum absolute atomic E-state index is 0.276. The van der Waals surface area contributed by atoms with Crippen LogP contribution in [0.3, 0.4) is 0 Å². The van der Waals surface area contributed by atoms with Crippen LogP contribution < -0.4 is 24.3 Å². The van der Waals surface area contributed by atoms with Crippen LogP contribution in [0.15, 0.2) is 30.3 Å². The number of benzene rings is 2. The van der Waals surface area contributed by atoms with E-state index in [0.29, 0.717) is 33.7 Å². The second kappa shape index (κ2) is 7.79. The van der Waals surface area contributed by atoms with Crippen LogP contribution in [0.25, 0.3) is 0 Å². The van der Waals surface area contributed by atoms with E-state index >= 15 is 0 Å². The minimum atomic E-state index is -0.410. The Labute approximate surface area is 145 Å². The van der Waals surface area contributed by atoms with Crippen LogP contribution >= 0.6 is 11.6 Å². The third-order valence-electron chi connectivity index (χ3n) is 3.38. The van der Waals surface area contributed by atoms with Gasteiger partial charge in [0, 0.05) is 12.1 Å². The van der Waals surface area contributed by atoms with E-state index in [2.05, 4.69) is 5.32 Å². The zero-order valence-corrected chi connectivity index (χ0v) is 14.6. The standard InChI is InChI=1S/C17H18ClNO5/c1-21-12-6-5-7-13(22-2)16(12)17(20)19-11-9-14(23-3)10(18)8-15(11)24-4/h5-9H,1-4H3,(H,19,20). The Morgan fingerprint density at radius 1 is 0.875 bits per heavy atom. The Morgan fingerprint density at radius 2 is 1.42 bits per heavy atom. The summed E-state index contributed by atoms with van der Waals surface area (Å²) in [6, 6.07) is 8.24. The van der Waals surface area contributed by atoms with Crippen LogP contribution in [0, 0.1) is 0 Å². The first-order valence-electron chi connectivity index (χ1n) is 6.99. The number of methoxy groups -OCH3 is 4. The molecule has 128 valence electrons. The molecule has 2 rings (SSSR count). The number of amides is 1. The second-order valence-electron chi connectivity index (χ2n) is 4.68. The quantitative estimate of drug-likeness (QED) is 0.860. The summed E-state index contributed by atoms with van der Waals surface area (Å²) in [5, 5.41) is 3.14. The van der Waals surface area contributed by atoms with Crippen LogP contribution in [0.4, 0.5) is 5.69 Å². The van der Waals surface area contributed by atoms with Gasteiger partial charge < -0.3 is 24.3 Å². The van der Waals surface area contributed by atoms with E-state index in [1.54, 1.807) is 30.3 Å². The number of ether oxygens (including phenoxy) is 4. The molecule has 0 unspecified atom stereocenters. The van der Waals surface area contributed by atoms with Gasteiger partial charge in [-0.3, -0.25) is 4.79 Å². The first-order valence-corrected chi connectivity index (χ1v) is 7.37. The molecule has 0 heterocycles. The van der Waals surface area contributed by atoms with Gasteiger partial charge in [-0.15, -0.1) is 0 Å². The molecule has 0 spiro atoms. The number of carbonyl (C=O) groups excluding carboxylic acids is 1. The predicted octanol–water partition coefficient (Wildman–Crippen LogP) is 3.63. The van der Waals surface area contributed by atoms with Crippen molar-refractivity contribution in [3.05, 3.63) is 40.9 Å². The summed E-state index contributed by atoms with van der Waals surface area (Å²) in [5.74, 6) is 1.20. The molecule has 1 N–H and O–H groups in total. The fourth-order valence-corrected chi connectivity index (χ4v) is 2.45. The lowest BCUT2D eigenvalue weighted by molar-refractivity contribution is 0.102. The molecule has 0 aromatic heterocycles. The van der Waals surface area contributed by atoms with Crippen molar-refractivity contribution in [2.75, 3.05) is 33.8 Å². The fourth-order valence-electron chi connectivity index (χ4n) is 2.22. The first kappa shape index (κ1) is 17.7. The average molecular weight is 352 g/mol. The molecule has 0 aliphatic rings. The maximum atomic E-state index is 12.7. The predicted molar refractivity (Wildman–Crippen MR) is 92.1 cm³/mol. The zero-order chi connectivity index (χ0) is 17.7. The van der Waals surface area contributed by atoms with Crippen LogP contribution in [0.5, 0.6) is 23.0 Å². The lowest BCUT2D eigenvalue weighted by atomic mass is 10.1. The summed E-state index contributed by atoms with van der Waals surface area (Å²) in [5.41, 5.74) is 0.690. The van der Waals surface area contributed by atoms with Gasteiger partial charge in [0.15, 0.2) is 0 Å². The van der Waals surface area contributed by atoms with Gasteiger partial charge in [-0.25, -0.2) is 0 Å². The molecule has 0 atom stereocenters. The van der Waals surface area contributed by atoms with Gasteiger partial charge >= 0.3 is 0 Å². The van der Waals surface area contributed by atoms with Crippen molar-refractivity contribution in [3.63, 3.8) is 0 Å². The van der Waals surface area contributed by atoms with Gasteiger partial charge in [0.1, 0.15) is 28.6 Å². The second-order valence-corrected chi connectivity index (χ2v) is 5.09. The molecule has 0 bridgehead atoms. The Morgan fingerprint density at radius 3 is 1.92 bits per heavy atom. The van der Waals surface area contributed by atoms with E-state index < -0.39 is 5.91 Å². The normalized spacial score (nSPS) is 10.0. The van der Waals surface area contributed by atoms with Gasteiger partial charge in [-0.2, -0.15) is 0 Å². The lowest BCUT2D eigenvalue weighted by Gasteiger charge is -2.15. The molecule has 0 saturated heterocycles. The highest BCUT2D eigenvalue weighted by Gasteiger charge is 2.20. The van der Waals surface area contributed by atoms with Gasteiger partial charge in [-0.1, -0.05) is 17.7 Å². The van der Waals surface area contributed by atoms with Gasteiger partial charge in [0.05, 0.1) is 39.1 Å². The highest BCUT2D eigenvalue weighted by atomic mass is 35.5. The van der Waals surface area contributed by atoms with Crippen molar-refractivity contribution >= 4 is 23.2 Å². The minimum Gasteiger partial charge on any atom is -0.496 e. The van der Waals surface area contributed by atoms with Gasteiger partial charge in [0.2, 0.25) is 0 Å². The maximum absolute atomic E-state index is 12.7. The van der Waals surface area contributed by atoms with Crippen molar-refractivity contribution in [3.8, 4) is 23.0 Å². The number of nitrogens with one attached hydrogen (secondary N) is 1. The number of anilines is 1. The van der Waals surface area contributed by atoms with E-state index in [9.17, 15) is 4.79 Å². The summed E-state index contributed by atoms with van der Waals surface area (Å²) in [6.07, 6.45) is 0. The van der Waals surface area contributed by atoms with Crippen molar-refractivity contribution in [2.24, 2.45) is 0 Å². The molecule has 1 amide bonds. The molecular weight excluding hydrogens is 334 g/mol. The Kier molecular flexibility index (Phi) is 5.76. The van der Waals surface area contributed by atoms with E-state index in [-0.39, 0.29) is 5.56 Å². The van der Waals surface area contributed by atoms with Crippen LogP contribution in [-0.4, -0.2) is 34.3 Å². The van der Waals surface area contributed by atoms with Gasteiger partial charge in [-0.05, 0) is 12.1 Å². The molecule has 0 radical (unpaired) electrons. The zero-order valence-electron chi connectivity index (χ0n) is 13.8. The molecular formula is C17H18ClNO5. The van der Waals surface area contributed by atoms with Crippen molar-refractivity contribution in [1.29, 1.82) is 0 Å². The molecule has 2 aromatic rings. The van der Waals surface area contributed by atoms with E-state index in [0.717, 1.165) is 0 Å². The Balaban J connectivity index is 2.44. The molecule has 7 heteroatoms. The van der Waals surface area contributed by atoms with E-state index in [1.165, 1.54) is 28.4 Å². The number of halogens is 1. The molecule has 0 aliphatic carbocycles. The summed E-state index contributed by atoms with van der Waals surface area (Å²) in [4.78, 5) is 12.7. The molecule has 24 heavy (non-hydrogen) atoms. The lowest BCUT2D eigenvalue weighted by Crippen LogP contribution is -2.15. The molecule has 0 fully saturated rings. The maximum Gasteiger partial charge on any atom is 0.263 e. The number of rotatable bonds is 6. The molecule has 6 nitrogen and oxygen atoms in total. The van der Waals surface area contributed by atoms with Crippen LogP contribution in [0.2, 0.25) is 5.02 Å². The fraction of sp³-hybridized carbons (Fsp3) is 0.235. The Hall–Kier alpha value is -2.60. The first-order chi connectivity index (χ1) is 11.5. The van der Waals surface area contributed by atoms with Crippen LogP contribution in [-0.2, 0) is 0 Å². The molecule has 0 aliphatic heterocycles. The largest absolute Gasteiger partial charge is 0.496 e. The SMILES string of the molecule is COc1cc(NC(=O)c2c(OC)cccc2OC)c(OC)cc1Cl. The third kappa shape index (κ3) is 3.49. The van der Waals surface area contributed by atoms with Gasteiger partial charge in [0.25, 0.3) is 5.91 Å². The monoisotopic (exact) mass is 351 g/mol. The molecule has 0 saturated carbocycles. The summed E-state index contributed by atoms with van der Waals surface area (Å²) in [7, 11) is 5.94. The Bertz CT molecular complexity index is 726. The van der Waals surface area contributed by atoms with Crippen LogP contribution in [0.1, 0.15) is 10.4 Å². The van der Waals surface area contributed by atoms with Crippen molar-refractivity contribution < 1.29 is 23.7 Å². The molecule has 2 aromatic carbocycles. The third-order valence-corrected chi connectivity index (χ3v) is 3.67. The van der Waals surface area contributed by atoms with E-state index in [4.69, 9.17) is 30.5 Å². The number of hydrogen-bond acceptors (Lipinski definition) is 5. The average Bonchev–Trinajstić information content (AvgIpc) is 2.61. The number of carbonyl (C=O) groups is 1. The summed E-state index contributed by atoms with van der Waals surface area (Å²) < 4.78 is 20.9. The van der Waals surface area contributed by atoms with E-state index in [1.807, 2.05) is 0 Å². The van der Waals surface area contributed by atoms with Crippen molar-refractivity contribution in [2.45, 2.75) is 0 Å². The van der Waals surface area contributed by atoms with Crippen molar-refractivity contribution in [1.82, 2.24) is 0 Å². The topological polar surface area (TPSA) is 66.0 Å². The smallest absolute Gasteiger partial charge is 0.263 e. The summed E-state index contributed by atoms with van der Waals surface area (Å²) in [6.45, 7) is 0. The highest BCUT2D eigenvalue weighted by molar-refractivity contribution is 6.32.